The Kier molecular flexibility index (Phi) is 5.15. The number of carbonyl (C=O) groups is 1. The minimum atomic E-state index is 0.0335. The second kappa shape index (κ2) is 6.86. The van der Waals surface area contributed by atoms with E-state index in [9.17, 15) is 4.79 Å². The number of amides is 1. The maximum absolute atomic E-state index is 11.8. The Balaban J connectivity index is 1.78. The molecule has 1 N–H and O–H groups in total. The van der Waals surface area contributed by atoms with Crippen molar-refractivity contribution in [3.63, 3.8) is 0 Å². The molecule has 0 saturated carbocycles. The Morgan fingerprint density at radius 3 is 2.60 bits per heavy atom. The number of thiazole rings is 1. The number of aromatic nitrogens is 1. The van der Waals surface area contributed by atoms with Crippen LogP contribution >= 0.6 is 22.9 Å². The standard InChI is InChI=1S/C15H17ClN2OS/c1-10-14(20-11(2)18-10)7-8-17-15(19)9-12-3-5-13(16)6-4-12/h3-6H,7-9H2,1-2H3,(H,17,19). The summed E-state index contributed by atoms with van der Waals surface area (Å²) in [6.45, 7) is 4.66. The van der Waals surface area contributed by atoms with E-state index >= 15 is 0 Å². The molecule has 0 aliphatic heterocycles. The fraction of sp³-hybridized carbons (Fsp3) is 0.333. The topological polar surface area (TPSA) is 42.0 Å². The molecule has 1 aromatic heterocycles. The predicted molar refractivity (Wildman–Crippen MR) is 83.5 cm³/mol. The van der Waals surface area contributed by atoms with E-state index in [4.69, 9.17) is 11.6 Å². The first kappa shape index (κ1) is 15.0. The highest BCUT2D eigenvalue weighted by Crippen LogP contribution is 2.17. The van der Waals surface area contributed by atoms with Crippen LogP contribution in [0.2, 0.25) is 5.02 Å². The molecule has 1 heterocycles. The number of hydrogen-bond acceptors (Lipinski definition) is 3. The van der Waals surface area contributed by atoms with E-state index in [1.807, 2.05) is 26.0 Å². The van der Waals surface area contributed by atoms with Gasteiger partial charge in [0, 0.05) is 22.9 Å². The van der Waals surface area contributed by atoms with Crippen molar-refractivity contribution in [1.29, 1.82) is 0 Å². The van der Waals surface area contributed by atoms with Crippen molar-refractivity contribution in [1.82, 2.24) is 10.3 Å². The van der Waals surface area contributed by atoms with Gasteiger partial charge in [-0.2, -0.15) is 0 Å². The average molecular weight is 309 g/mol. The summed E-state index contributed by atoms with van der Waals surface area (Å²) in [5.74, 6) is 0.0335. The van der Waals surface area contributed by atoms with Gasteiger partial charge in [0.05, 0.1) is 17.1 Å². The van der Waals surface area contributed by atoms with Crippen LogP contribution < -0.4 is 5.32 Å². The first-order chi connectivity index (χ1) is 9.54. The fourth-order valence-electron chi connectivity index (χ4n) is 1.97. The lowest BCUT2D eigenvalue weighted by Gasteiger charge is -2.05. The van der Waals surface area contributed by atoms with Gasteiger partial charge in [-0.1, -0.05) is 23.7 Å². The summed E-state index contributed by atoms with van der Waals surface area (Å²) in [5.41, 5.74) is 2.04. The SMILES string of the molecule is Cc1nc(C)c(CCNC(=O)Cc2ccc(Cl)cc2)s1. The normalized spacial score (nSPS) is 10.6. The molecule has 0 bridgehead atoms. The number of benzene rings is 1. The van der Waals surface area contributed by atoms with Gasteiger partial charge in [0.15, 0.2) is 0 Å². The van der Waals surface area contributed by atoms with E-state index in [1.54, 1.807) is 23.5 Å². The molecule has 2 rings (SSSR count). The molecule has 106 valence electrons. The molecule has 0 aliphatic rings. The third-order valence-electron chi connectivity index (χ3n) is 2.95. The summed E-state index contributed by atoms with van der Waals surface area (Å²) in [5, 5.41) is 4.70. The third kappa shape index (κ3) is 4.32. The maximum atomic E-state index is 11.8. The number of aryl methyl sites for hydroxylation is 2. The zero-order chi connectivity index (χ0) is 14.5. The second-order valence-corrected chi connectivity index (χ2v) is 6.37. The van der Waals surface area contributed by atoms with Crippen LogP contribution in [0.25, 0.3) is 0 Å². The lowest BCUT2D eigenvalue weighted by molar-refractivity contribution is -0.120. The molecule has 20 heavy (non-hydrogen) atoms. The van der Waals surface area contributed by atoms with Gasteiger partial charge in [0.25, 0.3) is 0 Å². The van der Waals surface area contributed by atoms with E-state index in [1.165, 1.54) is 4.88 Å². The first-order valence-electron chi connectivity index (χ1n) is 6.48. The maximum Gasteiger partial charge on any atom is 0.224 e. The Hall–Kier alpha value is -1.39. The van der Waals surface area contributed by atoms with Gasteiger partial charge in [0.2, 0.25) is 5.91 Å². The Labute approximate surface area is 128 Å². The zero-order valence-corrected chi connectivity index (χ0v) is 13.1. The van der Waals surface area contributed by atoms with Crippen LogP contribution in [0.15, 0.2) is 24.3 Å². The Morgan fingerprint density at radius 1 is 1.30 bits per heavy atom. The highest BCUT2D eigenvalue weighted by molar-refractivity contribution is 7.11. The van der Waals surface area contributed by atoms with Gasteiger partial charge in [0.1, 0.15) is 0 Å². The quantitative estimate of drug-likeness (QED) is 0.920. The molecule has 0 unspecified atom stereocenters. The number of nitrogens with zero attached hydrogens (tertiary/aromatic N) is 1. The molecule has 0 saturated heterocycles. The first-order valence-corrected chi connectivity index (χ1v) is 7.68. The molecule has 0 fully saturated rings. The molecular weight excluding hydrogens is 292 g/mol. The van der Waals surface area contributed by atoms with Crippen molar-refractivity contribution in [2.75, 3.05) is 6.54 Å². The summed E-state index contributed by atoms with van der Waals surface area (Å²) in [4.78, 5) is 17.4. The molecule has 0 aliphatic carbocycles. The molecule has 3 nitrogen and oxygen atoms in total. The largest absolute Gasteiger partial charge is 0.355 e. The third-order valence-corrected chi connectivity index (χ3v) is 4.34. The van der Waals surface area contributed by atoms with E-state index in [0.717, 1.165) is 22.7 Å². The van der Waals surface area contributed by atoms with Crippen LogP contribution in [0, 0.1) is 13.8 Å². The predicted octanol–water partition coefficient (Wildman–Crippen LogP) is 3.31. The lowest BCUT2D eigenvalue weighted by Crippen LogP contribution is -2.27. The number of halogens is 1. The smallest absolute Gasteiger partial charge is 0.224 e. The number of carbonyl (C=O) groups excluding carboxylic acids is 1. The van der Waals surface area contributed by atoms with Crippen LogP contribution in [0.5, 0.6) is 0 Å². The number of hydrogen-bond donors (Lipinski definition) is 1. The van der Waals surface area contributed by atoms with Crippen molar-refractivity contribution in [2.45, 2.75) is 26.7 Å². The number of rotatable bonds is 5. The summed E-state index contributed by atoms with van der Waals surface area (Å²) < 4.78 is 0. The lowest BCUT2D eigenvalue weighted by atomic mass is 10.1. The van der Waals surface area contributed by atoms with Gasteiger partial charge in [-0.3, -0.25) is 4.79 Å². The van der Waals surface area contributed by atoms with Gasteiger partial charge in [-0.15, -0.1) is 11.3 Å². The van der Waals surface area contributed by atoms with Crippen LogP contribution in [-0.2, 0) is 17.6 Å². The van der Waals surface area contributed by atoms with E-state index in [2.05, 4.69) is 10.3 Å². The minimum absolute atomic E-state index is 0.0335. The van der Waals surface area contributed by atoms with Crippen molar-refractivity contribution < 1.29 is 4.79 Å². The van der Waals surface area contributed by atoms with E-state index in [-0.39, 0.29) is 5.91 Å². The van der Waals surface area contributed by atoms with Crippen molar-refractivity contribution in [2.24, 2.45) is 0 Å². The summed E-state index contributed by atoms with van der Waals surface area (Å²) in [6.07, 6.45) is 1.22. The molecule has 1 amide bonds. The van der Waals surface area contributed by atoms with Gasteiger partial charge >= 0.3 is 0 Å². The Morgan fingerprint density at radius 2 is 2.00 bits per heavy atom. The molecule has 1 aromatic carbocycles. The second-order valence-electron chi connectivity index (χ2n) is 4.64. The number of nitrogens with one attached hydrogen (secondary N) is 1. The molecule has 0 atom stereocenters. The van der Waals surface area contributed by atoms with Crippen LogP contribution in [0.4, 0.5) is 0 Å². The molecule has 0 radical (unpaired) electrons. The van der Waals surface area contributed by atoms with Crippen molar-refractivity contribution in [3.8, 4) is 0 Å². The average Bonchev–Trinajstić information content (AvgIpc) is 2.71. The zero-order valence-electron chi connectivity index (χ0n) is 11.6. The molecule has 2 aromatic rings. The van der Waals surface area contributed by atoms with Crippen LogP contribution in [0.3, 0.4) is 0 Å². The van der Waals surface area contributed by atoms with Gasteiger partial charge in [-0.25, -0.2) is 4.98 Å². The summed E-state index contributed by atoms with van der Waals surface area (Å²) in [7, 11) is 0. The van der Waals surface area contributed by atoms with Gasteiger partial charge in [-0.05, 0) is 31.5 Å². The van der Waals surface area contributed by atoms with Crippen molar-refractivity contribution in [3.05, 3.63) is 50.4 Å². The van der Waals surface area contributed by atoms with Crippen LogP contribution in [-0.4, -0.2) is 17.4 Å². The van der Waals surface area contributed by atoms with E-state index in [0.29, 0.717) is 18.0 Å². The molecule has 0 spiro atoms. The van der Waals surface area contributed by atoms with Crippen LogP contribution in [0.1, 0.15) is 21.1 Å². The van der Waals surface area contributed by atoms with E-state index < -0.39 is 0 Å². The monoisotopic (exact) mass is 308 g/mol. The Bertz CT molecular complexity index is 592. The highest BCUT2D eigenvalue weighted by atomic mass is 35.5. The highest BCUT2D eigenvalue weighted by Gasteiger charge is 2.06. The summed E-state index contributed by atoms with van der Waals surface area (Å²) in [6, 6.07) is 7.35. The summed E-state index contributed by atoms with van der Waals surface area (Å²) >= 11 is 7.51. The van der Waals surface area contributed by atoms with Gasteiger partial charge < -0.3 is 5.32 Å². The fourth-order valence-corrected chi connectivity index (χ4v) is 3.03. The molecule has 5 heteroatoms. The molecular formula is C15H17ClN2OS. The van der Waals surface area contributed by atoms with Crippen molar-refractivity contribution >= 4 is 28.8 Å². The minimum Gasteiger partial charge on any atom is -0.355 e.